The van der Waals surface area contributed by atoms with Crippen molar-refractivity contribution in [1.82, 2.24) is 10.6 Å². The number of nitrogens with one attached hydrogen (secondary N) is 3. The molecule has 5 nitrogen and oxygen atoms in total. The molecule has 0 saturated heterocycles. The van der Waals surface area contributed by atoms with E-state index in [0.717, 1.165) is 48.9 Å². The number of hydrogen-bond acceptors (Lipinski definition) is 3. The third-order valence-electron chi connectivity index (χ3n) is 6.99. The van der Waals surface area contributed by atoms with Gasteiger partial charge >= 0.3 is 0 Å². The van der Waals surface area contributed by atoms with Crippen LogP contribution in [0, 0.1) is 0 Å². The molecule has 2 amide bonds. The number of amides is 2. The van der Waals surface area contributed by atoms with Gasteiger partial charge in [-0.3, -0.25) is 9.59 Å². The first-order valence-corrected chi connectivity index (χ1v) is 11.6. The van der Waals surface area contributed by atoms with E-state index in [1.165, 1.54) is 0 Å². The van der Waals surface area contributed by atoms with E-state index in [4.69, 9.17) is 23.2 Å². The average molecular weight is 458 g/mol. The molecule has 1 aliphatic heterocycles. The van der Waals surface area contributed by atoms with Crippen molar-refractivity contribution in [3.8, 4) is 0 Å². The molecule has 0 radical (unpaired) electrons. The van der Waals surface area contributed by atoms with Crippen LogP contribution in [0.4, 0.5) is 5.69 Å². The van der Waals surface area contributed by atoms with Crippen molar-refractivity contribution >= 4 is 40.7 Å². The van der Waals surface area contributed by atoms with E-state index < -0.39 is 11.0 Å². The van der Waals surface area contributed by atoms with Gasteiger partial charge in [0.15, 0.2) is 0 Å². The van der Waals surface area contributed by atoms with Gasteiger partial charge in [0.05, 0.1) is 12.0 Å². The third kappa shape index (κ3) is 3.63. The zero-order valence-corrected chi connectivity index (χ0v) is 18.7. The van der Waals surface area contributed by atoms with Gasteiger partial charge in [-0.25, -0.2) is 0 Å². The highest BCUT2D eigenvalue weighted by molar-refractivity contribution is 6.31. The Kier molecular flexibility index (Phi) is 5.24. The number of carbonyl (C=O) groups is 2. The molecule has 0 bridgehead atoms. The molecule has 1 atom stereocenters. The van der Waals surface area contributed by atoms with Crippen molar-refractivity contribution in [1.29, 1.82) is 0 Å². The molecule has 3 N–H and O–H groups in total. The zero-order chi connectivity index (χ0) is 21.6. The lowest BCUT2D eigenvalue weighted by molar-refractivity contribution is -0.128. The van der Waals surface area contributed by atoms with Crippen LogP contribution in [-0.2, 0) is 21.4 Å². The van der Waals surface area contributed by atoms with Crippen LogP contribution >= 0.6 is 23.2 Å². The maximum absolute atomic E-state index is 13.7. The lowest BCUT2D eigenvalue weighted by Crippen LogP contribution is -2.69. The topological polar surface area (TPSA) is 70.2 Å². The standard InChI is InChI=1S/C24H25Cl2N3O2/c25-16-4-1-3-15(11-16)13-24(19-8-5-17(26)12-20(19)29-22(24)31)23(9-2-10-23)27-14-21(30)28-18-6-7-18/h1,3-5,8,11-12,18,27H,2,6-7,9-10,13-14H2,(H,28,30)(H,29,31). The van der Waals surface area contributed by atoms with E-state index in [1.807, 2.05) is 36.4 Å². The second-order valence-corrected chi connectivity index (χ2v) is 9.86. The molecule has 0 spiro atoms. The monoisotopic (exact) mass is 457 g/mol. The molecule has 3 aliphatic rings. The lowest BCUT2D eigenvalue weighted by Gasteiger charge is -2.54. The minimum atomic E-state index is -0.851. The number of carbonyl (C=O) groups excluding carboxylic acids is 2. The molecule has 1 heterocycles. The van der Waals surface area contributed by atoms with Crippen LogP contribution in [0.25, 0.3) is 0 Å². The number of benzene rings is 2. The maximum atomic E-state index is 13.7. The third-order valence-corrected chi connectivity index (χ3v) is 7.46. The predicted molar refractivity (Wildman–Crippen MR) is 123 cm³/mol. The molecule has 1 unspecified atom stereocenters. The van der Waals surface area contributed by atoms with Crippen LogP contribution in [0.3, 0.4) is 0 Å². The summed E-state index contributed by atoms with van der Waals surface area (Å²) in [7, 11) is 0. The second-order valence-electron chi connectivity index (χ2n) is 8.99. The fourth-order valence-corrected chi connectivity index (χ4v) is 5.54. The van der Waals surface area contributed by atoms with E-state index in [0.29, 0.717) is 22.5 Å². The van der Waals surface area contributed by atoms with Gasteiger partial charge in [-0.15, -0.1) is 0 Å². The summed E-state index contributed by atoms with van der Waals surface area (Å²) in [6, 6.07) is 13.6. The van der Waals surface area contributed by atoms with Gasteiger partial charge in [-0.05, 0) is 73.9 Å². The van der Waals surface area contributed by atoms with Crippen LogP contribution in [0.15, 0.2) is 42.5 Å². The fourth-order valence-electron chi connectivity index (χ4n) is 5.16. The average Bonchev–Trinajstić information content (AvgIpc) is 3.45. The van der Waals surface area contributed by atoms with Crippen molar-refractivity contribution in [3.05, 3.63) is 63.6 Å². The van der Waals surface area contributed by atoms with Crippen molar-refractivity contribution in [3.63, 3.8) is 0 Å². The Balaban J connectivity index is 1.55. The number of rotatable bonds is 7. The first kappa shape index (κ1) is 20.8. The molecule has 5 rings (SSSR count). The highest BCUT2D eigenvalue weighted by Crippen LogP contribution is 2.55. The van der Waals surface area contributed by atoms with E-state index in [2.05, 4.69) is 16.0 Å². The van der Waals surface area contributed by atoms with Crippen molar-refractivity contribution < 1.29 is 9.59 Å². The van der Waals surface area contributed by atoms with E-state index in [1.54, 1.807) is 6.07 Å². The van der Waals surface area contributed by atoms with Gasteiger partial charge in [0.2, 0.25) is 11.8 Å². The lowest BCUT2D eigenvalue weighted by atomic mass is 9.54. The maximum Gasteiger partial charge on any atom is 0.237 e. The van der Waals surface area contributed by atoms with Crippen LogP contribution in [0.1, 0.15) is 43.2 Å². The zero-order valence-electron chi connectivity index (χ0n) is 17.1. The molecule has 7 heteroatoms. The minimum absolute atomic E-state index is 0.0126. The Bertz CT molecular complexity index is 1050. The summed E-state index contributed by atoms with van der Waals surface area (Å²) in [6.07, 6.45) is 5.23. The van der Waals surface area contributed by atoms with Gasteiger partial charge in [0.1, 0.15) is 0 Å². The van der Waals surface area contributed by atoms with Crippen LogP contribution in [0.5, 0.6) is 0 Å². The van der Waals surface area contributed by atoms with Crippen molar-refractivity contribution in [2.45, 2.75) is 55.5 Å². The van der Waals surface area contributed by atoms with Gasteiger partial charge < -0.3 is 16.0 Å². The predicted octanol–water partition coefficient (Wildman–Crippen LogP) is 4.22. The highest BCUT2D eigenvalue weighted by Gasteiger charge is 2.63. The largest absolute Gasteiger partial charge is 0.352 e. The SMILES string of the molecule is O=C(CNC1(C2(Cc3cccc(Cl)c3)C(=O)Nc3cc(Cl)ccc32)CCC1)NC1CC1. The first-order chi connectivity index (χ1) is 14.9. The molecular weight excluding hydrogens is 433 g/mol. The van der Waals surface area contributed by atoms with E-state index in [-0.39, 0.29) is 18.4 Å². The number of halogens is 2. The normalized spacial score (nSPS) is 23.6. The Morgan fingerprint density at radius 2 is 1.87 bits per heavy atom. The molecule has 2 fully saturated rings. The molecule has 31 heavy (non-hydrogen) atoms. The van der Waals surface area contributed by atoms with Gasteiger partial charge in [0, 0.05) is 27.3 Å². The highest BCUT2D eigenvalue weighted by atomic mass is 35.5. The summed E-state index contributed by atoms with van der Waals surface area (Å²) in [4.78, 5) is 26.2. The molecule has 2 aliphatic carbocycles. The summed E-state index contributed by atoms with van der Waals surface area (Å²) in [5.41, 5.74) is 1.29. The Labute approximate surface area is 191 Å². The van der Waals surface area contributed by atoms with Gasteiger partial charge in [0.25, 0.3) is 0 Å². The quantitative estimate of drug-likeness (QED) is 0.582. The molecular formula is C24H25Cl2N3O2. The summed E-state index contributed by atoms with van der Waals surface area (Å²) in [5, 5.41) is 10.9. The minimum Gasteiger partial charge on any atom is -0.352 e. The fraction of sp³-hybridized carbons (Fsp3) is 0.417. The molecule has 0 aromatic heterocycles. The van der Waals surface area contributed by atoms with Crippen molar-refractivity contribution in [2.24, 2.45) is 0 Å². The second kappa shape index (κ2) is 7.80. The van der Waals surface area contributed by atoms with Gasteiger partial charge in [-0.1, -0.05) is 41.4 Å². The van der Waals surface area contributed by atoms with Crippen molar-refractivity contribution in [2.75, 3.05) is 11.9 Å². The Morgan fingerprint density at radius 3 is 2.55 bits per heavy atom. The van der Waals surface area contributed by atoms with Gasteiger partial charge in [-0.2, -0.15) is 0 Å². The van der Waals surface area contributed by atoms with Crippen LogP contribution in [0.2, 0.25) is 10.0 Å². The smallest absolute Gasteiger partial charge is 0.237 e. The number of hydrogen-bond donors (Lipinski definition) is 3. The van der Waals surface area contributed by atoms with E-state index in [9.17, 15) is 9.59 Å². The Hall–Kier alpha value is -2.08. The van der Waals surface area contributed by atoms with Crippen LogP contribution in [-0.4, -0.2) is 29.9 Å². The summed E-state index contributed by atoms with van der Waals surface area (Å²) in [5.74, 6) is -0.0686. The van der Waals surface area contributed by atoms with E-state index >= 15 is 0 Å². The first-order valence-electron chi connectivity index (χ1n) is 10.8. The molecule has 2 aromatic rings. The summed E-state index contributed by atoms with van der Waals surface area (Å²) in [6.45, 7) is 0.198. The summed E-state index contributed by atoms with van der Waals surface area (Å²) < 4.78 is 0. The number of anilines is 1. The molecule has 2 saturated carbocycles. The van der Waals surface area contributed by atoms with Crippen LogP contribution < -0.4 is 16.0 Å². The molecule has 162 valence electrons. The Morgan fingerprint density at radius 1 is 1.10 bits per heavy atom. The number of fused-ring (bicyclic) bond motifs is 1. The molecule has 2 aromatic carbocycles. The summed E-state index contributed by atoms with van der Waals surface area (Å²) >= 11 is 12.5.